The fourth-order valence-electron chi connectivity index (χ4n) is 2.92. The molecule has 0 amide bonds. The molecule has 0 spiro atoms. The number of benzene rings is 2. The Morgan fingerprint density at radius 1 is 1.25 bits per heavy atom. The van der Waals surface area contributed by atoms with Crippen molar-refractivity contribution in [3.05, 3.63) is 54.1 Å². The minimum absolute atomic E-state index is 0.00565. The molecule has 0 aliphatic heterocycles. The van der Waals surface area contributed by atoms with Crippen molar-refractivity contribution in [2.24, 2.45) is 5.14 Å². The molecule has 0 unspecified atom stereocenters. The van der Waals surface area contributed by atoms with Gasteiger partial charge in [-0.05, 0) is 37.1 Å². The van der Waals surface area contributed by atoms with Gasteiger partial charge in [0, 0.05) is 6.54 Å². The van der Waals surface area contributed by atoms with Crippen LogP contribution in [0.15, 0.2) is 58.6 Å². The number of primary sulfonamides is 1. The predicted octanol–water partition coefficient (Wildman–Crippen LogP) is 2.58. The normalized spacial score (nSPS) is 12.8. The van der Waals surface area contributed by atoms with Gasteiger partial charge in [-0.2, -0.15) is 0 Å². The monoisotopic (exact) mass is 419 g/mol. The Morgan fingerprint density at radius 3 is 2.57 bits per heavy atom. The van der Waals surface area contributed by atoms with E-state index in [2.05, 4.69) is 4.98 Å². The molecule has 148 valence electrons. The molecule has 0 radical (unpaired) electrons. The van der Waals surface area contributed by atoms with E-state index in [0.29, 0.717) is 23.6 Å². The summed E-state index contributed by atoms with van der Waals surface area (Å²) >= 11 is 1.30. The maximum absolute atomic E-state index is 12.3. The number of imidazole rings is 1. The van der Waals surface area contributed by atoms with Gasteiger partial charge in [-0.3, -0.25) is 4.79 Å². The third-order valence-corrected chi connectivity index (χ3v) is 6.38. The average molecular weight is 420 g/mol. The molecule has 1 heterocycles. The topological polar surface area (TPSA) is 104 Å². The number of carbonyl (C=O) groups excluding carboxylic acids is 1. The van der Waals surface area contributed by atoms with Gasteiger partial charge in [0.25, 0.3) is 0 Å². The Labute approximate surface area is 167 Å². The number of thioether (sulfide) groups is 1. The second-order valence-electron chi connectivity index (χ2n) is 6.15. The van der Waals surface area contributed by atoms with Crippen molar-refractivity contribution < 1.29 is 17.9 Å². The molecule has 1 aromatic heterocycles. The molecule has 7 nitrogen and oxygen atoms in total. The maximum atomic E-state index is 12.3. The summed E-state index contributed by atoms with van der Waals surface area (Å²) in [6.45, 7) is 2.58. The lowest BCUT2D eigenvalue weighted by Crippen LogP contribution is -2.22. The second-order valence-corrected chi connectivity index (χ2v) is 8.88. The van der Waals surface area contributed by atoms with E-state index >= 15 is 0 Å². The smallest absolute Gasteiger partial charge is 0.319 e. The van der Waals surface area contributed by atoms with Crippen LogP contribution >= 0.6 is 11.8 Å². The summed E-state index contributed by atoms with van der Waals surface area (Å²) in [6.07, 6.45) is 0.494. The first kappa shape index (κ1) is 20.4. The highest BCUT2D eigenvalue weighted by Crippen LogP contribution is 2.30. The second kappa shape index (κ2) is 8.34. The van der Waals surface area contributed by atoms with E-state index in [1.165, 1.54) is 31.0 Å². The Kier molecular flexibility index (Phi) is 6.07. The zero-order valence-electron chi connectivity index (χ0n) is 15.5. The van der Waals surface area contributed by atoms with Crippen LogP contribution in [0.25, 0.3) is 11.0 Å². The number of aromatic nitrogens is 2. The Bertz CT molecular complexity index is 1100. The number of fused-ring (bicyclic) bond motifs is 1. The summed E-state index contributed by atoms with van der Waals surface area (Å²) in [5.41, 5.74) is 2.31. The molecule has 0 aliphatic rings. The molecule has 3 rings (SSSR count). The molecule has 0 bridgehead atoms. The summed E-state index contributed by atoms with van der Waals surface area (Å²) in [6, 6.07) is 14.3. The number of nitrogens with two attached hydrogens (primary N) is 1. The van der Waals surface area contributed by atoms with Crippen LogP contribution in [-0.4, -0.2) is 36.3 Å². The third-order valence-electron chi connectivity index (χ3n) is 4.31. The van der Waals surface area contributed by atoms with Crippen molar-refractivity contribution in [3.8, 4) is 0 Å². The fraction of sp³-hybridized carbons (Fsp3) is 0.263. The Morgan fingerprint density at radius 2 is 1.96 bits per heavy atom. The summed E-state index contributed by atoms with van der Waals surface area (Å²) in [7, 11) is -2.45. The molecular formula is C19H21N3O4S2. The third kappa shape index (κ3) is 4.37. The van der Waals surface area contributed by atoms with Gasteiger partial charge in [0.2, 0.25) is 10.0 Å². The van der Waals surface area contributed by atoms with Crippen LogP contribution in [0, 0.1) is 0 Å². The Hall–Kier alpha value is -2.36. The number of esters is 1. The van der Waals surface area contributed by atoms with Crippen LogP contribution in [0.5, 0.6) is 0 Å². The molecule has 2 aromatic carbocycles. The van der Waals surface area contributed by atoms with Crippen LogP contribution in [0.4, 0.5) is 0 Å². The first-order chi connectivity index (χ1) is 13.3. The van der Waals surface area contributed by atoms with Gasteiger partial charge in [-0.15, -0.1) is 0 Å². The highest BCUT2D eigenvalue weighted by atomic mass is 32.2. The van der Waals surface area contributed by atoms with Gasteiger partial charge in [-0.1, -0.05) is 42.1 Å². The highest BCUT2D eigenvalue weighted by molar-refractivity contribution is 8.00. The van der Waals surface area contributed by atoms with Crippen molar-refractivity contribution in [2.75, 3.05) is 7.11 Å². The van der Waals surface area contributed by atoms with Crippen LogP contribution in [0.3, 0.4) is 0 Å². The van der Waals surface area contributed by atoms with E-state index in [1.54, 1.807) is 6.07 Å². The number of rotatable bonds is 7. The Balaban J connectivity index is 1.99. The molecule has 0 aliphatic carbocycles. The lowest BCUT2D eigenvalue weighted by atomic mass is 10.1. The van der Waals surface area contributed by atoms with Gasteiger partial charge in [0.1, 0.15) is 5.25 Å². The molecule has 1 atom stereocenters. The van der Waals surface area contributed by atoms with Gasteiger partial charge < -0.3 is 9.30 Å². The van der Waals surface area contributed by atoms with E-state index in [-0.39, 0.29) is 10.9 Å². The number of sulfonamides is 1. The predicted molar refractivity (Wildman–Crippen MR) is 109 cm³/mol. The largest absolute Gasteiger partial charge is 0.468 e. The van der Waals surface area contributed by atoms with Crippen LogP contribution < -0.4 is 5.14 Å². The van der Waals surface area contributed by atoms with Gasteiger partial charge in [0.05, 0.1) is 23.0 Å². The van der Waals surface area contributed by atoms with Crippen molar-refractivity contribution in [3.63, 3.8) is 0 Å². The first-order valence-corrected chi connectivity index (χ1v) is 11.1. The minimum Gasteiger partial charge on any atom is -0.468 e. The molecule has 0 saturated carbocycles. The van der Waals surface area contributed by atoms with Crippen LogP contribution in [0.1, 0.15) is 12.5 Å². The number of hydrogen-bond donors (Lipinski definition) is 1. The fourth-order valence-corrected chi connectivity index (χ4v) is 4.68. The van der Waals surface area contributed by atoms with E-state index in [9.17, 15) is 13.2 Å². The first-order valence-electron chi connectivity index (χ1n) is 8.65. The van der Waals surface area contributed by atoms with Gasteiger partial charge in [0.15, 0.2) is 5.16 Å². The minimum atomic E-state index is -3.82. The number of methoxy groups -OCH3 is 1. The van der Waals surface area contributed by atoms with Gasteiger partial charge in [-0.25, -0.2) is 18.5 Å². The molecular weight excluding hydrogens is 398 g/mol. The lowest BCUT2D eigenvalue weighted by Gasteiger charge is -2.15. The molecule has 28 heavy (non-hydrogen) atoms. The molecule has 3 aromatic rings. The zero-order valence-corrected chi connectivity index (χ0v) is 17.2. The summed E-state index contributed by atoms with van der Waals surface area (Å²) in [5, 5.41) is 5.36. The number of aryl methyl sites for hydroxylation is 1. The molecule has 0 fully saturated rings. The SMILES string of the molecule is CCn1c(S[C@@H](Cc2ccccc2)C(=O)OC)nc2cc(S(N)(=O)=O)ccc21. The van der Waals surface area contributed by atoms with Crippen molar-refractivity contribution >= 4 is 38.8 Å². The highest BCUT2D eigenvalue weighted by Gasteiger charge is 2.25. The summed E-state index contributed by atoms with van der Waals surface area (Å²) < 4.78 is 30.2. The van der Waals surface area contributed by atoms with Gasteiger partial charge >= 0.3 is 5.97 Å². The van der Waals surface area contributed by atoms with Crippen molar-refractivity contribution in [1.29, 1.82) is 0 Å². The van der Waals surface area contributed by atoms with Crippen molar-refractivity contribution in [1.82, 2.24) is 9.55 Å². The number of hydrogen-bond acceptors (Lipinski definition) is 6. The molecule has 9 heteroatoms. The van der Waals surface area contributed by atoms with Crippen LogP contribution in [-0.2, 0) is 32.5 Å². The molecule has 2 N–H and O–H groups in total. The van der Waals surface area contributed by atoms with E-state index in [1.807, 2.05) is 41.8 Å². The summed E-state index contributed by atoms with van der Waals surface area (Å²) in [4.78, 5) is 16.9. The standard InChI is InChI=1S/C19H21N3O4S2/c1-3-22-16-10-9-14(28(20,24)25)12-15(16)21-19(22)27-17(18(23)26-2)11-13-7-5-4-6-8-13/h4-10,12,17H,3,11H2,1-2H3,(H2,20,24,25)/t17-/m0/s1. The van der Waals surface area contributed by atoms with Crippen molar-refractivity contribution in [2.45, 2.75) is 35.2 Å². The number of carbonyl (C=O) groups is 1. The summed E-state index contributed by atoms with van der Waals surface area (Å²) in [5.74, 6) is -0.339. The quantitative estimate of drug-likeness (QED) is 0.466. The lowest BCUT2D eigenvalue weighted by molar-refractivity contribution is -0.139. The zero-order chi connectivity index (χ0) is 20.3. The van der Waals surface area contributed by atoms with E-state index in [4.69, 9.17) is 9.88 Å². The van der Waals surface area contributed by atoms with E-state index in [0.717, 1.165) is 11.1 Å². The molecule has 0 saturated heterocycles. The van der Waals surface area contributed by atoms with Crippen LogP contribution in [0.2, 0.25) is 0 Å². The average Bonchev–Trinajstić information content (AvgIpc) is 3.03. The van der Waals surface area contributed by atoms with E-state index < -0.39 is 15.3 Å². The number of nitrogens with zero attached hydrogens (tertiary/aromatic N) is 2. The number of ether oxygens (including phenoxy) is 1. The maximum Gasteiger partial charge on any atom is 0.319 e.